The summed E-state index contributed by atoms with van der Waals surface area (Å²) in [5.41, 5.74) is 3.60. The number of ether oxygens (including phenoxy) is 2. The van der Waals surface area contributed by atoms with Crippen LogP contribution in [-0.4, -0.2) is 47.6 Å². The van der Waals surface area contributed by atoms with Gasteiger partial charge in [-0.1, -0.05) is 35.9 Å². The van der Waals surface area contributed by atoms with Crippen LogP contribution in [0.1, 0.15) is 35.3 Å². The number of nitrogens with one attached hydrogen (secondary N) is 1. The quantitative estimate of drug-likeness (QED) is 0.270. The summed E-state index contributed by atoms with van der Waals surface area (Å²) in [6, 6.07) is 21.5. The first-order chi connectivity index (χ1) is 18.9. The van der Waals surface area contributed by atoms with Gasteiger partial charge in [0, 0.05) is 12.2 Å². The van der Waals surface area contributed by atoms with Gasteiger partial charge in [-0.15, -0.1) is 0 Å². The smallest absolute Gasteiger partial charge is 0.338 e. The van der Waals surface area contributed by atoms with Gasteiger partial charge >= 0.3 is 5.97 Å². The molecule has 0 spiro atoms. The molecule has 0 bridgehead atoms. The summed E-state index contributed by atoms with van der Waals surface area (Å²) in [5.74, 6) is -0.268. The molecule has 0 aromatic heterocycles. The van der Waals surface area contributed by atoms with Gasteiger partial charge in [0.1, 0.15) is 5.75 Å². The number of aryl methyl sites for hydroxylation is 1. The molecule has 0 aliphatic carbocycles. The Balaban J connectivity index is 1.40. The number of likely N-dealkylation sites (N-methyl/N-ethyl adjacent to an activating group) is 1. The monoisotopic (exact) mass is 543 g/mol. The lowest BCUT2D eigenvalue weighted by atomic mass is 10.2. The molecule has 2 amide bonds. The van der Waals surface area contributed by atoms with Gasteiger partial charge in [0.05, 0.1) is 22.8 Å². The average molecular weight is 544 g/mol. The third-order valence-corrected chi connectivity index (χ3v) is 6.68. The highest BCUT2D eigenvalue weighted by Gasteiger charge is 2.32. The van der Waals surface area contributed by atoms with Crippen LogP contribution in [0.15, 0.2) is 82.7 Å². The van der Waals surface area contributed by atoms with Gasteiger partial charge in [-0.3, -0.25) is 14.5 Å². The van der Waals surface area contributed by atoms with Crippen molar-refractivity contribution in [1.29, 1.82) is 0 Å². The number of anilines is 1. The van der Waals surface area contributed by atoms with E-state index in [2.05, 4.69) is 10.3 Å². The molecule has 9 heteroatoms. The highest BCUT2D eigenvalue weighted by atomic mass is 32.2. The minimum atomic E-state index is -0.415. The fourth-order valence-electron chi connectivity index (χ4n) is 3.69. The summed E-state index contributed by atoms with van der Waals surface area (Å²) < 4.78 is 10.7. The Bertz CT molecular complexity index is 1420. The van der Waals surface area contributed by atoms with E-state index >= 15 is 0 Å². The van der Waals surface area contributed by atoms with Crippen molar-refractivity contribution in [2.75, 3.05) is 25.1 Å². The molecule has 1 aliphatic heterocycles. The van der Waals surface area contributed by atoms with Crippen molar-refractivity contribution < 1.29 is 23.9 Å². The lowest BCUT2D eigenvalue weighted by Crippen LogP contribution is -2.28. The maximum Gasteiger partial charge on any atom is 0.338 e. The van der Waals surface area contributed by atoms with E-state index in [0.717, 1.165) is 11.1 Å². The van der Waals surface area contributed by atoms with Gasteiger partial charge in [0.15, 0.2) is 11.8 Å². The minimum absolute atomic E-state index is 0.120. The van der Waals surface area contributed by atoms with Crippen molar-refractivity contribution in [3.63, 3.8) is 0 Å². The molecular formula is C30H29N3O5S. The number of rotatable bonds is 9. The van der Waals surface area contributed by atoms with Crippen LogP contribution in [0.4, 0.5) is 11.4 Å². The Hall–Kier alpha value is -4.37. The molecule has 0 unspecified atom stereocenters. The molecule has 200 valence electrons. The summed E-state index contributed by atoms with van der Waals surface area (Å²) in [6.45, 7) is 6.24. The van der Waals surface area contributed by atoms with Gasteiger partial charge in [-0.05, 0) is 86.6 Å². The highest BCUT2D eigenvalue weighted by Crippen LogP contribution is 2.34. The van der Waals surface area contributed by atoms with Crippen molar-refractivity contribution in [2.45, 2.75) is 20.8 Å². The first-order valence-electron chi connectivity index (χ1n) is 12.5. The fourth-order valence-corrected chi connectivity index (χ4v) is 4.75. The molecule has 1 N–H and O–H groups in total. The van der Waals surface area contributed by atoms with Gasteiger partial charge in [0.25, 0.3) is 11.8 Å². The zero-order valence-electron chi connectivity index (χ0n) is 22.0. The molecule has 1 fully saturated rings. The first kappa shape index (κ1) is 27.7. The second-order valence-electron chi connectivity index (χ2n) is 8.60. The predicted molar refractivity (Wildman–Crippen MR) is 154 cm³/mol. The molecular weight excluding hydrogens is 514 g/mol. The second-order valence-corrected chi connectivity index (χ2v) is 9.61. The van der Waals surface area contributed by atoms with Crippen LogP contribution in [-0.2, 0) is 14.3 Å². The number of thioether (sulfide) groups is 1. The largest absolute Gasteiger partial charge is 0.484 e. The Morgan fingerprint density at radius 1 is 1.03 bits per heavy atom. The standard InChI is InChI=1S/C30H29N3O5S/c1-4-33-28(35)26(39-30(33)32-24-8-6-7-22(18-24)29(36)37-5-2)17-21-11-15-25(16-12-21)38-19-27(34)31-23-13-9-20(3)10-14-23/h6-18H,4-5,19H2,1-3H3,(H,31,34). The fraction of sp³-hybridized carbons (Fsp3) is 0.200. The number of esters is 1. The third kappa shape index (κ3) is 7.36. The molecule has 0 radical (unpaired) electrons. The Morgan fingerprint density at radius 2 is 1.77 bits per heavy atom. The number of amidine groups is 1. The predicted octanol–water partition coefficient (Wildman–Crippen LogP) is 5.81. The highest BCUT2D eigenvalue weighted by molar-refractivity contribution is 8.18. The Kier molecular flexibility index (Phi) is 9.17. The molecule has 1 aliphatic rings. The van der Waals surface area contributed by atoms with Crippen LogP contribution in [0.5, 0.6) is 5.75 Å². The number of amides is 2. The molecule has 39 heavy (non-hydrogen) atoms. The lowest BCUT2D eigenvalue weighted by Gasteiger charge is -2.12. The normalized spacial score (nSPS) is 15.1. The number of hydrogen-bond donors (Lipinski definition) is 1. The third-order valence-electron chi connectivity index (χ3n) is 5.67. The lowest BCUT2D eigenvalue weighted by molar-refractivity contribution is -0.122. The van der Waals surface area contributed by atoms with Crippen LogP contribution >= 0.6 is 11.8 Å². The number of carbonyl (C=O) groups is 3. The molecule has 0 saturated carbocycles. The summed E-state index contributed by atoms with van der Waals surface area (Å²) in [6.07, 6.45) is 1.79. The van der Waals surface area contributed by atoms with Crippen LogP contribution in [0, 0.1) is 6.92 Å². The van der Waals surface area contributed by atoms with Crippen LogP contribution in [0.25, 0.3) is 6.08 Å². The number of hydrogen-bond acceptors (Lipinski definition) is 7. The number of benzene rings is 3. The van der Waals surface area contributed by atoms with E-state index in [1.165, 1.54) is 11.8 Å². The van der Waals surface area contributed by atoms with Crippen LogP contribution in [0.2, 0.25) is 0 Å². The van der Waals surface area contributed by atoms with Crippen molar-refractivity contribution in [1.82, 2.24) is 4.90 Å². The molecule has 1 saturated heterocycles. The molecule has 0 atom stereocenters. The zero-order chi connectivity index (χ0) is 27.8. The van der Waals surface area contributed by atoms with Gasteiger partial charge in [-0.25, -0.2) is 9.79 Å². The van der Waals surface area contributed by atoms with Gasteiger partial charge in [0.2, 0.25) is 0 Å². The van der Waals surface area contributed by atoms with Crippen molar-refractivity contribution in [2.24, 2.45) is 4.99 Å². The van der Waals surface area contributed by atoms with E-state index in [9.17, 15) is 14.4 Å². The minimum Gasteiger partial charge on any atom is -0.484 e. The summed E-state index contributed by atoms with van der Waals surface area (Å²) in [5, 5.41) is 3.33. The van der Waals surface area contributed by atoms with E-state index in [4.69, 9.17) is 9.47 Å². The number of carbonyl (C=O) groups excluding carboxylic acids is 3. The molecule has 8 nitrogen and oxygen atoms in total. The summed E-state index contributed by atoms with van der Waals surface area (Å²) in [7, 11) is 0. The van der Waals surface area contributed by atoms with Crippen molar-refractivity contribution >= 4 is 52.2 Å². The molecule has 4 rings (SSSR count). The summed E-state index contributed by atoms with van der Waals surface area (Å²) >= 11 is 1.27. The summed E-state index contributed by atoms with van der Waals surface area (Å²) in [4.78, 5) is 44.0. The maximum absolute atomic E-state index is 13.0. The van der Waals surface area contributed by atoms with E-state index < -0.39 is 5.97 Å². The van der Waals surface area contributed by atoms with E-state index in [-0.39, 0.29) is 25.0 Å². The van der Waals surface area contributed by atoms with E-state index in [0.29, 0.717) is 39.3 Å². The number of nitrogens with zero attached hydrogens (tertiary/aromatic N) is 2. The molecule has 1 heterocycles. The zero-order valence-corrected chi connectivity index (χ0v) is 22.8. The van der Waals surface area contributed by atoms with Gasteiger partial charge in [-0.2, -0.15) is 0 Å². The van der Waals surface area contributed by atoms with Crippen LogP contribution in [0.3, 0.4) is 0 Å². The average Bonchev–Trinajstić information content (AvgIpc) is 3.23. The Labute approximate surface area is 231 Å². The first-order valence-corrected chi connectivity index (χ1v) is 13.3. The van der Waals surface area contributed by atoms with E-state index in [1.807, 2.05) is 50.2 Å². The van der Waals surface area contributed by atoms with Gasteiger partial charge < -0.3 is 14.8 Å². The SMILES string of the molecule is CCOC(=O)c1cccc(N=C2SC(=Cc3ccc(OCC(=O)Nc4ccc(C)cc4)cc3)C(=O)N2CC)c1. The Morgan fingerprint density at radius 3 is 2.46 bits per heavy atom. The molecule has 3 aromatic rings. The van der Waals surface area contributed by atoms with Crippen molar-refractivity contribution in [3.8, 4) is 5.75 Å². The van der Waals surface area contributed by atoms with Crippen molar-refractivity contribution in [3.05, 3.63) is 94.4 Å². The topological polar surface area (TPSA) is 97.3 Å². The number of aliphatic imine (C=N–C) groups is 1. The second kappa shape index (κ2) is 12.9. The van der Waals surface area contributed by atoms with Crippen LogP contribution < -0.4 is 10.1 Å². The maximum atomic E-state index is 13.0. The van der Waals surface area contributed by atoms with E-state index in [1.54, 1.807) is 54.3 Å². The molecule has 3 aromatic carbocycles.